The molecule has 0 spiro atoms. The van der Waals surface area contributed by atoms with Gasteiger partial charge in [-0.25, -0.2) is 0 Å². The van der Waals surface area contributed by atoms with E-state index in [9.17, 15) is 0 Å². The fraction of sp³-hybridized carbons (Fsp3) is 0.750. The lowest BCUT2D eigenvalue weighted by Gasteiger charge is -2.26. The number of rotatable bonds is 2. The Morgan fingerprint density at radius 3 is 1.80 bits per heavy atom. The molecule has 0 aliphatic rings. The highest BCUT2D eigenvalue weighted by molar-refractivity contribution is 5.18. The standard InChI is InChI=1S/C8H18N2/c1-6(2)7(3)8(4,9)10-5/h10H,9H2,1-5H3/t8-/m0/s1. The Morgan fingerprint density at radius 2 is 1.70 bits per heavy atom. The lowest BCUT2D eigenvalue weighted by molar-refractivity contribution is 0.466. The van der Waals surface area contributed by atoms with Crippen LogP contribution < -0.4 is 11.1 Å². The molecule has 0 aromatic heterocycles. The highest BCUT2D eigenvalue weighted by atomic mass is 15.1. The molecule has 0 unspecified atom stereocenters. The molecule has 0 amide bonds. The maximum atomic E-state index is 5.89. The third-order valence-corrected chi connectivity index (χ3v) is 2.05. The van der Waals surface area contributed by atoms with Crippen LogP contribution >= 0.6 is 0 Å². The van der Waals surface area contributed by atoms with Gasteiger partial charge in [-0.2, -0.15) is 0 Å². The summed E-state index contributed by atoms with van der Waals surface area (Å²) in [6, 6.07) is 0. The molecule has 0 fully saturated rings. The minimum absolute atomic E-state index is 0.348. The topological polar surface area (TPSA) is 38.0 Å². The first kappa shape index (κ1) is 9.66. The Balaban J connectivity index is 4.49. The van der Waals surface area contributed by atoms with Crippen molar-refractivity contribution in [1.29, 1.82) is 0 Å². The van der Waals surface area contributed by atoms with Crippen LogP contribution in [-0.2, 0) is 0 Å². The van der Waals surface area contributed by atoms with Crippen molar-refractivity contribution in [2.75, 3.05) is 7.05 Å². The Labute approximate surface area is 63.5 Å². The molecule has 0 aliphatic heterocycles. The predicted molar refractivity (Wildman–Crippen MR) is 45.7 cm³/mol. The van der Waals surface area contributed by atoms with E-state index in [0.29, 0.717) is 0 Å². The molecule has 1 atom stereocenters. The second kappa shape index (κ2) is 3.17. The zero-order valence-corrected chi connectivity index (χ0v) is 7.58. The number of likely N-dealkylation sites (N-methyl/N-ethyl adjacent to an activating group) is 1. The lowest BCUT2D eigenvalue weighted by atomic mass is 10.0. The summed E-state index contributed by atoms with van der Waals surface area (Å²) in [6.45, 7) is 8.15. The lowest BCUT2D eigenvalue weighted by Crippen LogP contribution is -2.50. The van der Waals surface area contributed by atoms with Gasteiger partial charge in [0.1, 0.15) is 0 Å². The Kier molecular flexibility index (Phi) is 3.06. The monoisotopic (exact) mass is 142 g/mol. The van der Waals surface area contributed by atoms with Crippen molar-refractivity contribution in [1.82, 2.24) is 5.32 Å². The summed E-state index contributed by atoms with van der Waals surface area (Å²) in [5.41, 5.74) is 8.02. The van der Waals surface area contributed by atoms with Crippen LogP contribution in [0.4, 0.5) is 0 Å². The van der Waals surface area contributed by atoms with E-state index in [0.717, 1.165) is 0 Å². The molecular formula is C8H18N2. The molecule has 0 heterocycles. The summed E-state index contributed by atoms with van der Waals surface area (Å²) in [5, 5.41) is 3.04. The van der Waals surface area contributed by atoms with E-state index in [1.807, 2.05) is 20.9 Å². The zero-order chi connectivity index (χ0) is 8.36. The van der Waals surface area contributed by atoms with E-state index in [-0.39, 0.29) is 5.66 Å². The average molecular weight is 142 g/mol. The van der Waals surface area contributed by atoms with Crippen LogP contribution in [0.15, 0.2) is 11.1 Å². The number of nitrogens with one attached hydrogen (secondary N) is 1. The Bertz CT molecular complexity index is 141. The van der Waals surface area contributed by atoms with Gasteiger partial charge in [-0.1, -0.05) is 5.57 Å². The maximum absolute atomic E-state index is 5.89. The maximum Gasteiger partial charge on any atom is 0.0851 e. The normalized spacial score (nSPS) is 16.2. The van der Waals surface area contributed by atoms with Crippen molar-refractivity contribution in [2.24, 2.45) is 5.73 Å². The van der Waals surface area contributed by atoms with E-state index < -0.39 is 0 Å². The minimum atomic E-state index is -0.348. The highest BCUT2D eigenvalue weighted by Crippen LogP contribution is 2.12. The molecule has 0 aliphatic carbocycles. The van der Waals surface area contributed by atoms with E-state index in [2.05, 4.69) is 19.2 Å². The summed E-state index contributed by atoms with van der Waals surface area (Å²) >= 11 is 0. The fourth-order valence-corrected chi connectivity index (χ4v) is 0.707. The quantitative estimate of drug-likeness (QED) is 0.449. The van der Waals surface area contributed by atoms with Gasteiger partial charge < -0.3 is 5.73 Å². The van der Waals surface area contributed by atoms with Crippen LogP contribution in [0.25, 0.3) is 0 Å². The SMILES string of the molecule is CN[C@](C)(N)C(C)=C(C)C. The van der Waals surface area contributed by atoms with Crippen molar-refractivity contribution in [3.63, 3.8) is 0 Å². The second-order valence-electron chi connectivity index (χ2n) is 3.08. The first-order valence-electron chi connectivity index (χ1n) is 3.54. The Hall–Kier alpha value is -0.340. The summed E-state index contributed by atoms with van der Waals surface area (Å²) in [7, 11) is 1.87. The van der Waals surface area contributed by atoms with Crippen molar-refractivity contribution in [2.45, 2.75) is 33.4 Å². The van der Waals surface area contributed by atoms with E-state index in [4.69, 9.17) is 5.73 Å². The smallest absolute Gasteiger partial charge is 0.0851 e. The predicted octanol–water partition coefficient (Wildman–Crippen LogP) is 1.24. The van der Waals surface area contributed by atoms with E-state index >= 15 is 0 Å². The van der Waals surface area contributed by atoms with Gasteiger partial charge in [0.15, 0.2) is 0 Å². The van der Waals surface area contributed by atoms with E-state index in [1.54, 1.807) is 0 Å². The Morgan fingerprint density at radius 1 is 1.30 bits per heavy atom. The molecule has 60 valence electrons. The first-order chi connectivity index (χ1) is 4.41. The summed E-state index contributed by atoms with van der Waals surface area (Å²) in [6.07, 6.45) is 0. The van der Waals surface area contributed by atoms with Crippen LogP contribution in [0.3, 0.4) is 0 Å². The number of hydrogen-bond acceptors (Lipinski definition) is 2. The van der Waals surface area contributed by atoms with Gasteiger partial charge in [0.2, 0.25) is 0 Å². The first-order valence-corrected chi connectivity index (χ1v) is 3.54. The van der Waals surface area contributed by atoms with Crippen LogP contribution in [0, 0.1) is 0 Å². The van der Waals surface area contributed by atoms with Crippen LogP contribution in [0.5, 0.6) is 0 Å². The summed E-state index contributed by atoms with van der Waals surface area (Å²) in [5.74, 6) is 0. The second-order valence-corrected chi connectivity index (χ2v) is 3.08. The van der Waals surface area contributed by atoms with Crippen LogP contribution in [0.2, 0.25) is 0 Å². The van der Waals surface area contributed by atoms with Gasteiger partial charge in [0.05, 0.1) is 5.66 Å². The minimum Gasteiger partial charge on any atom is -0.310 e. The molecule has 2 heteroatoms. The molecule has 10 heavy (non-hydrogen) atoms. The molecule has 0 rings (SSSR count). The highest BCUT2D eigenvalue weighted by Gasteiger charge is 2.17. The van der Waals surface area contributed by atoms with Crippen molar-refractivity contribution in [3.05, 3.63) is 11.1 Å². The molecule has 0 aromatic rings. The third kappa shape index (κ3) is 2.12. The van der Waals surface area contributed by atoms with Crippen LogP contribution in [-0.4, -0.2) is 12.7 Å². The van der Waals surface area contributed by atoms with Gasteiger partial charge in [0, 0.05) is 0 Å². The van der Waals surface area contributed by atoms with Gasteiger partial charge >= 0.3 is 0 Å². The molecule has 3 N–H and O–H groups in total. The summed E-state index contributed by atoms with van der Waals surface area (Å²) in [4.78, 5) is 0. The largest absolute Gasteiger partial charge is 0.310 e. The van der Waals surface area contributed by atoms with Crippen molar-refractivity contribution < 1.29 is 0 Å². The number of hydrogen-bond donors (Lipinski definition) is 2. The molecule has 2 nitrogen and oxygen atoms in total. The van der Waals surface area contributed by atoms with Gasteiger partial charge in [-0.3, -0.25) is 5.32 Å². The number of nitrogens with two attached hydrogens (primary N) is 1. The van der Waals surface area contributed by atoms with Crippen molar-refractivity contribution >= 4 is 0 Å². The fourth-order valence-electron chi connectivity index (χ4n) is 0.707. The molecule has 0 saturated carbocycles. The molecule has 0 radical (unpaired) electrons. The van der Waals surface area contributed by atoms with Crippen molar-refractivity contribution in [3.8, 4) is 0 Å². The molecule has 0 bridgehead atoms. The molecule has 0 saturated heterocycles. The summed E-state index contributed by atoms with van der Waals surface area (Å²) < 4.78 is 0. The average Bonchev–Trinajstić information content (AvgIpc) is 1.86. The van der Waals surface area contributed by atoms with Gasteiger partial charge in [-0.15, -0.1) is 0 Å². The number of allylic oxidation sites excluding steroid dienone is 1. The third-order valence-electron chi connectivity index (χ3n) is 2.05. The van der Waals surface area contributed by atoms with E-state index in [1.165, 1.54) is 11.1 Å². The molecular weight excluding hydrogens is 124 g/mol. The van der Waals surface area contributed by atoms with Gasteiger partial charge in [0.25, 0.3) is 0 Å². The van der Waals surface area contributed by atoms with Crippen LogP contribution in [0.1, 0.15) is 27.7 Å². The zero-order valence-electron chi connectivity index (χ0n) is 7.58. The van der Waals surface area contributed by atoms with Gasteiger partial charge in [-0.05, 0) is 40.3 Å². The molecule has 0 aromatic carbocycles.